The highest BCUT2D eigenvalue weighted by Crippen LogP contribution is 2.67. The summed E-state index contributed by atoms with van der Waals surface area (Å²) in [5.41, 5.74) is 2.95. The molecule has 0 saturated heterocycles. The fourth-order valence-electron chi connectivity index (χ4n) is 10.6. The summed E-state index contributed by atoms with van der Waals surface area (Å²) >= 11 is 5.92. The number of hydrogen-bond donors (Lipinski definition) is 1. The smallest absolute Gasteiger partial charge is 0.306 e. The van der Waals surface area contributed by atoms with Crippen molar-refractivity contribution in [2.75, 3.05) is 5.32 Å². The molecule has 0 bridgehead atoms. The molecule has 0 aliphatic heterocycles. The molecule has 244 valence electrons. The van der Waals surface area contributed by atoms with E-state index in [1.807, 2.05) is 0 Å². The van der Waals surface area contributed by atoms with Gasteiger partial charge in [0.2, 0.25) is 5.91 Å². The Kier molecular flexibility index (Phi) is 10.6. The number of halogens is 1. The number of carbonyl (C=O) groups is 2. The molecule has 0 aromatic heterocycles. The minimum Gasteiger partial charge on any atom is -0.462 e. The van der Waals surface area contributed by atoms with Crippen molar-refractivity contribution in [2.45, 2.75) is 131 Å². The molecule has 5 heteroatoms. The van der Waals surface area contributed by atoms with Crippen molar-refractivity contribution < 1.29 is 14.3 Å². The van der Waals surface area contributed by atoms with Crippen LogP contribution in [0.5, 0.6) is 0 Å². The van der Waals surface area contributed by atoms with Gasteiger partial charge >= 0.3 is 5.97 Å². The van der Waals surface area contributed by atoms with E-state index >= 15 is 0 Å². The Morgan fingerprint density at radius 1 is 0.977 bits per heavy atom. The Balaban J connectivity index is 1.14. The Morgan fingerprint density at radius 3 is 2.43 bits per heavy atom. The molecule has 0 unspecified atom stereocenters. The van der Waals surface area contributed by atoms with Gasteiger partial charge in [0.15, 0.2) is 0 Å². The summed E-state index contributed by atoms with van der Waals surface area (Å²) in [5, 5.41) is 3.45. The first kappa shape index (κ1) is 33.6. The minimum absolute atomic E-state index is 0.0685. The van der Waals surface area contributed by atoms with Crippen LogP contribution in [-0.2, 0) is 14.3 Å². The molecule has 3 saturated carbocycles. The topological polar surface area (TPSA) is 55.4 Å². The fraction of sp³-hybridized carbons (Fsp3) is 0.744. The Bertz CT molecular complexity index is 1190. The molecule has 1 aromatic carbocycles. The zero-order valence-electron chi connectivity index (χ0n) is 28.3. The van der Waals surface area contributed by atoms with Gasteiger partial charge in [-0.05, 0) is 128 Å². The Hall–Kier alpha value is -1.81. The van der Waals surface area contributed by atoms with Crippen LogP contribution in [0.3, 0.4) is 0 Å². The van der Waals surface area contributed by atoms with Crippen molar-refractivity contribution in [1.82, 2.24) is 0 Å². The van der Waals surface area contributed by atoms with Crippen LogP contribution in [-0.4, -0.2) is 18.0 Å². The van der Waals surface area contributed by atoms with Gasteiger partial charge < -0.3 is 10.1 Å². The molecule has 1 N–H and O–H groups in total. The second kappa shape index (κ2) is 13.9. The number of nitrogens with one attached hydrogen (secondary N) is 1. The van der Waals surface area contributed by atoms with Crippen LogP contribution in [0.15, 0.2) is 35.9 Å². The van der Waals surface area contributed by atoms with Crippen molar-refractivity contribution in [1.29, 1.82) is 0 Å². The summed E-state index contributed by atoms with van der Waals surface area (Å²) in [4.78, 5) is 25.1. The summed E-state index contributed by atoms with van der Waals surface area (Å²) in [6.07, 6.45) is 16.5. The molecule has 1 aromatic rings. The number of allylic oxidation sites excluding steroid dienone is 1. The number of fused-ring (bicyclic) bond motifs is 5. The molecule has 5 rings (SSSR count). The van der Waals surface area contributed by atoms with Crippen LogP contribution in [0, 0.1) is 52.3 Å². The number of ether oxygens (including phenoxy) is 1. The highest BCUT2D eigenvalue weighted by molar-refractivity contribution is 6.30. The maximum absolute atomic E-state index is 12.7. The number of anilines is 1. The van der Waals surface area contributed by atoms with Crippen molar-refractivity contribution in [3.05, 3.63) is 40.9 Å². The van der Waals surface area contributed by atoms with Crippen LogP contribution in [0.2, 0.25) is 5.02 Å². The molecular formula is C39H58ClNO3. The van der Waals surface area contributed by atoms with E-state index in [9.17, 15) is 9.59 Å². The molecule has 9 atom stereocenters. The van der Waals surface area contributed by atoms with E-state index in [4.69, 9.17) is 16.3 Å². The van der Waals surface area contributed by atoms with E-state index in [1.165, 1.54) is 56.9 Å². The van der Waals surface area contributed by atoms with Crippen molar-refractivity contribution in [3.8, 4) is 0 Å². The van der Waals surface area contributed by atoms with Gasteiger partial charge in [0, 0.05) is 23.6 Å². The summed E-state index contributed by atoms with van der Waals surface area (Å²) < 4.78 is 5.95. The van der Waals surface area contributed by atoms with Gasteiger partial charge in [0.25, 0.3) is 0 Å². The monoisotopic (exact) mass is 623 g/mol. The first-order valence-corrected chi connectivity index (χ1v) is 18.3. The van der Waals surface area contributed by atoms with Crippen molar-refractivity contribution in [2.24, 2.45) is 52.3 Å². The van der Waals surface area contributed by atoms with E-state index in [0.29, 0.717) is 16.1 Å². The molecule has 4 nitrogen and oxygen atoms in total. The lowest BCUT2D eigenvalue weighted by Crippen LogP contribution is -2.51. The molecule has 1 amide bonds. The standard InChI is InChI=1S/C39H58ClNO3/c1-7-27(25(2)3)9-8-26(4)33-16-17-34-32-15-10-28-24-31(20-22-38(28,5)35(32)21-23-39(33,34)6)44-37(43)19-18-36(42)41-30-13-11-29(40)12-14-30/h10-14,25-27,31-35H,7-9,15-24H2,1-6H3,(H,41,42)/t26-,27-,31+,32+,33-,34+,35+,38+,39-/m1/s1. The number of carbonyl (C=O) groups excluding carboxylic acids is 2. The SMILES string of the molecule is CC[C@H](CC[C@@H](C)[C@H]1CC[C@H]2[C@@H]3CC=C4C[C@@H](OC(=O)CCC(=O)Nc5ccc(Cl)cc5)CC[C@]4(C)[C@H]3CC[C@]12C)C(C)C. The summed E-state index contributed by atoms with van der Waals surface area (Å²) in [6.45, 7) is 15.0. The average Bonchev–Trinajstić information content (AvgIpc) is 3.35. The lowest BCUT2D eigenvalue weighted by molar-refractivity contribution is -0.152. The van der Waals surface area contributed by atoms with Crippen molar-refractivity contribution >= 4 is 29.2 Å². The van der Waals surface area contributed by atoms with E-state index in [-0.39, 0.29) is 36.2 Å². The lowest BCUT2D eigenvalue weighted by atomic mass is 9.47. The zero-order valence-corrected chi connectivity index (χ0v) is 29.1. The minimum atomic E-state index is -0.266. The number of amides is 1. The number of benzene rings is 1. The van der Waals surface area contributed by atoms with Gasteiger partial charge in [-0.25, -0.2) is 0 Å². The highest BCUT2D eigenvalue weighted by atomic mass is 35.5. The predicted octanol–water partition coefficient (Wildman–Crippen LogP) is 10.6. The lowest BCUT2D eigenvalue weighted by Gasteiger charge is -2.58. The number of hydrogen-bond acceptors (Lipinski definition) is 3. The van der Waals surface area contributed by atoms with E-state index in [0.717, 1.165) is 60.7 Å². The molecule has 0 spiro atoms. The molecular weight excluding hydrogens is 566 g/mol. The van der Waals surface area contributed by atoms with Gasteiger partial charge in [-0.1, -0.05) is 77.6 Å². The summed E-state index contributed by atoms with van der Waals surface area (Å²) in [6, 6.07) is 6.99. The third-order valence-corrected chi connectivity index (χ3v) is 13.5. The first-order valence-electron chi connectivity index (χ1n) is 17.9. The third kappa shape index (κ3) is 6.96. The predicted molar refractivity (Wildman–Crippen MR) is 181 cm³/mol. The number of esters is 1. The molecule has 4 aliphatic carbocycles. The van der Waals surface area contributed by atoms with Crippen LogP contribution < -0.4 is 5.32 Å². The molecule has 3 fully saturated rings. The Labute approximate surface area is 272 Å². The summed E-state index contributed by atoms with van der Waals surface area (Å²) in [7, 11) is 0. The maximum atomic E-state index is 12.7. The van der Waals surface area contributed by atoms with Gasteiger partial charge in [-0.3, -0.25) is 9.59 Å². The second-order valence-electron chi connectivity index (χ2n) is 15.9. The molecule has 4 aliphatic rings. The van der Waals surface area contributed by atoms with E-state index in [1.54, 1.807) is 24.3 Å². The van der Waals surface area contributed by atoms with Crippen LogP contribution in [0.4, 0.5) is 5.69 Å². The van der Waals surface area contributed by atoms with Crippen LogP contribution in [0.1, 0.15) is 125 Å². The van der Waals surface area contributed by atoms with Gasteiger partial charge in [0.1, 0.15) is 6.10 Å². The molecule has 44 heavy (non-hydrogen) atoms. The first-order chi connectivity index (χ1) is 20.9. The van der Waals surface area contributed by atoms with Gasteiger partial charge in [-0.2, -0.15) is 0 Å². The normalized spacial score (nSPS) is 34.3. The largest absolute Gasteiger partial charge is 0.462 e. The Morgan fingerprint density at radius 2 is 1.73 bits per heavy atom. The molecule has 0 heterocycles. The second-order valence-corrected chi connectivity index (χ2v) is 16.3. The van der Waals surface area contributed by atoms with E-state index < -0.39 is 0 Å². The van der Waals surface area contributed by atoms with Crippen LogP contribution in [0.25, 0.3) is 0 Å². The van der Waals surface area contributed by atoms with E-state index in [2.05, 4.69) is 52.9 Å². The van der Waals surface area contributed by atoms with Gasteiger partial charge in [0.05, 0.1) is 6.42 Å². The van der Waals surface area contributed by atoms with Crippen molar-refractivity contribution in [3.63, 3.8) is 0 Å². The number of rotatable bonds is 11. The average molecular weight is 624 g/mol. The van der Waals surface area contributed by atoms with Crippen LogP contribution >= 0.6 is 11.6 Å². The summed E-state index contributed by atoms with van der Waals surface area (Å²) in [5.74, 6) is 5.33. The third-order valence-electron chi connectivity index (χ3n) is 13.3. The maximum Gasteiger partial charge on any atom is 0.306 e. The zero-order chi connectivity index (χ0) is 31.6. The molecule has 0 radical (unpaired) electrons. The highest BCUT2D eigenvalue weighted by Gasteiger charge is 2.59. The van der Waals surface area contributed by atoms with Gasteiger partial charge in [-0.15, -0.1) is 0 Å². The fourth-order valence-corrected chi connectivity index (χ4v) is 10.7. The quantitative estimate of drug-likeness (QED) is 0.197.